The number of nitrogens with one attached hydrogen (secondary N) is 1. The van der Waals surface area contributed by atoms with Crippen LogP contribution < -0.4 is 10.6 Å². The maximum absolute atomic E-state index is 13.2. The van der Waals surface area contributed by atoms with Crippen LogP contribution in [0.25, 0.3) is 11.8 Å². The fourth-order valence-electron chi connectivity index (χ4n) is 3.82. The molecule has 0 atom stereocenters. The van der Waals surface area contributed by atoms with Gasteiger partial charge in [0.25, 0.3) is 31.7 Å². The number of rotatable bonds is 13. The summed E-state index contributed by atoms with van der Waals surface area (Å²) < 4.78 is 74.9. The largest absolute Gasteiger partial charge is 0.461 e. The minimum Gasteiger partial charge on any atom is -0.461 e. The van der Waals surface area contributed by atoms with Gasteiger partial charge in [-0.05, 0) is 75.4 Å². The van der Waals surface area contributed by atoms with Gasteiger partial charge in [-0.1, -0.05) is 24.3 Å². The van der Waals surface area contributed by atoms with Gasteiger partial charge in [-0.25, -0.2) is 14.3 Å². The van der Waals surface area contributed by atoms with Crippen molar-refractivity contribution in [3.05, 3.63) is 101 Å². The highest BCUT2D eigenvalue weighted by Gasteiger charge is 2.21. The molecular formula is C30H30N4O12S2. The van der Waals surface area contributed by atoms with E-state index in [2.05, 4.69) is 10.2 Å². The predicted octanol–water partition coefficient (Wildman–Crippen LogP) is 2.93. The van der Waals surface area contributed by atoms with Crippen molar-refractivity contribution in [2.24, 2.45) is 5.10 Å². The number of allylic oxidation sites excluding steroid dienone is 4. The summed E-state index contributed by atoms with van der Waals surface area (Å²) in [6.45, 7) is 4.55. The van der Waals surface area contributed by atoms with Crippen LogP contribution in [-0.4, -0.2) is 72.5 Å². The van der Waals surface area contributed by atoms with Crippen molar-refractivity contribution in [3.63, 3.8) is 0 Å². The highest BCUT2D eigenvalue weighted by molar-refractivity contribution is 7.86. The third-order valence-corrected chi connectivity index (χ3v) is 7.78. The van der Waals surface area contributed by atoms with Crippen molar-refractivity contribution in [1.82, 2.24) is 9.78 Å². The van der Waals surface area contributed by atoms with E-state index in [1.807, 2.05) is 0 Å². The molecule has 0 aliphatic rings. The van der Waals surface area contributed by atoms with E-state index >= 15 is 0 Å². The average Bonchev–Trinajstić information content (AvgIpc) is 3.36. The number of H-pyrrole nitrogens is 1. The lowest BCUT2D eigenvalue weighted by atomic mass is 10.2. The first-order valence-corrected chi connectivity index (χ1v) is 16.7. The number of nitrogens with zero attached hydrogens (tertiary/aromatic N) is 3. The molecule has 0 aliphatic carbocycles. The molecule has 1 aromatic heterocycles. The molecule has 0 saturated heterocycles. The first-order chi connectivity index (χ1) is 22.6. The summed E-state index contributed by atoms with van der Waals surface area (Å²) in [5, 5.41) is 7.45. The summed E-state index contributed by atoms with van der Waals surface area (Å²) in [4.78, 5) is 50.1. The van der Waals surface area contributed by atoms with Gasteiger partial charge in [0.15, 0.2) is 5.69 Å². The molecule has 0 aliphatic heterocycles. The van der Waals surface area contributed by atoms with Crippen molar-refractivity contribution in [2.75, 3.05) is 18.2 Å². The van der Waals surface area contributed by atoms with Crippen LogP contribution in [0.15, 0.2) is 98.6 Å². The van der Waals surface area contributed by atoms with E-state index in [1.165, 1.54) is 61.6 Å². The number of carbonyl (C=O) groups is 3. The second kappa shape index (κ2) is 15.9. The molecule has 3 rings (SSSR count). The average molecular weight is 703 g/mol. The van der Waals surface area contributed by atoms with Crippen LogP contribution in [0.4, 0.5) is 5.69 Å². The minimum absolute atomic E-state index is 0.0159. The number of benzene rings is 2. The van der Waals surface area contributed by atoms with E-state index in [4.69, 9.17) is 9.47 Å². The summed E-state index contributed by atoms with van der Waals surface area (Å²) in [5.74, 6) is -2.38. The normalized spacial score (nSPS) is 12.6. The molecule has 0 fully saturated rings. The van der Waals surface area contributed by atoms with Crippen molar-refractivity contribution >= 4 is 55.6 Å². The molecule has 0 saturated carbocycles. The van der Waals surface area contributed by atoms with Gasteiger partial charge in [0, 0.05) is 6.08 Å². The molecule has 2 aromatic carbocycles. The molecule has 254 valence electrons. The third-order valence-electron chi connectivity index (χ3n) is 6.04. The molecule has 0 spiro atoms. The molecule has 0 radical (unpaired) electrons. The number of amides is 1. The van der Waals surface area contributed by atoms with Crippen LogP contribution >= 0.6 is 0 Å². The molecule has 18 heteroatoms. The SMILES string of the molecule is CCOC(=O)/C(C)=N/N(C(=O)/C=C\C=CC=Cc1c(C(=O)OCC)[nH]n(-c2ccc(S(=O)(=O)O)cc2)c1=O)c1ccc(S(=O)(=O)O)cc1. The molecule has 0 bridgehead atoms. The Labute approximate surface area is 274 Å². The van der Waals surface area contributed by atoms with Crippen molar-refractivity contribution in [1.29, 1.82) is 0 Å². The molecule has 1 heterocycles. The quantitative estimate of drug-likeness (QED) is 0.0583. The summed E-state index contributed by atoms with van der Waals surface area (Å²) in [5.41, 5.74) is -0.930. The number of esters is 2. The number of ether oxygens (including phenoxy) is 2. The highest BCUT2D eigenvalue weighted by Crippen LogP contribution is 2.20. The molecule has 0 unspecified atom stereocenters. The zero-order valence-electron chi connectivity index (χ0n) is 25.6. The molecule has 3 N–H and O–H groups in total. The van der Waals surface area contributed by atoms with Crippen LogP contribution in [0.1, 0.15) is 36.8 Å². The maximum atomic E-state index is 13.2. The molecular weight excluding hydrogens is 672 g/mol. The van der Waals surface area contributed by atoms with Crippen LogP contribution in [0.5, 0.6) is 0 Å². The number of anilines is 1. The van der Waals surface area contributed by atoms with Gasteiger partial charge in [0.05, 0.1) is 39.9 Å². The maximum Gasteiger partial charge on any atom is 0.357 e. The van der Waals surface area contributed by atoms with Gasteiger partial charge in [-0.15, -0.1) is 0 Å². The van der Waals surface area contributed by atoms with E-state index < -0.39 is 53.4 Å². The van der Waals surface area contributed by atoms with E-state index in [9.17, 15) is 45.1 Å². The number of hydrazone groups is 1. The van der Waals surface area contributed by atoms with Crippen LogP contribution in [0, 0.1) is 0 Å². The van der Waals surface area contributed by atoms with Crippen LogP contribution in [-0.2, 0) is 39.3 Å². The molecule has 1 amide bonds. The zero-order chi connectivity index (χ0) is 35.6. The predicted molar refractivity (Wildman–Crippen MR) is 173 cm³/mol. The molecule has 3 aromatic rings. The number of aromatic amines is 1. The Bertz CT molecular complexity index is 2070. The number of aromatic nitrogens is 2. The fourth-order valence-corrected chi connectivity index (χ4v) is 4.78. The lowest BCUT2D eigenvalue weighted by molar-refractivity contribution is -0.135. The number of carbonyl (C=O) groups excluding carboxylic acids is 3. The third kappa shape index (κ3) is 9.55. The van der Waals surface area contributed by atoms with Crippen molar-refractivity contribution in [2.45, 2.75) is 30.6 Å². The summed E-state index contributed by atoms with van der Waals surface area (Å²) in [7, 11) is -8.98. The van der Waals surface area contributed by atoms with Gasteiger partial charge in [-0.2, -0.15) is 26.9 Å². The van der Waals surface area contributed by atoms with Gasteiger partial charge >= 0.3 is 11.9 Å². The second-order valence-electron chi connectivity index (χ2n) is 9.36. The van der Waals surface area contributed by atoms with Crippen LogP contribution in [0.3, 0.4) is 0 Å². The Hall–Kier alpha value is -5.43. The van der Waals surface area contributed by atoms with E-state index in [0.717, 1.165) is 40.0 Å². The zero-order valence-corrected chi connectivity index (χ0v) is 27.3. The van der Waals surface area contributed by atoms with Gasteiger partial charge in [0.2, 0.25) is 0 Å². The van der Waals surface area contributed by atoms with E-state index in [1.54, 1.807) is 13.8 Å². The smallest absolute Gasteiger partial charge is 0.357 e. The topological polar surface area (TPSA) is 232 Å². The monoisotopic (exact) mass is 702 g/mol. The Balaban J connectivity index is 1.89. The first kappa shape index (κ1) is 37.0. The lowest BCUT2D eigenvalue weighted by Gasteiger charge is -2.16. The first-order valence-electron chi connectivity index (χ1n) is 13.8. The lowest BCUT2D eigenvalue weighted by Crippen LogP contribution is -2.27. The summed E-state index contributed by atoms with van der Waals surface area (Å²) >= 11 is 0. The Kier molecular flexibility index (Phi) is 12.3. The van der Waals surface area contributed by atoms with E-state index in [0.29, 0.717) is 0 Å². The van der Waals surface area contributed by atoms with Gasteiger partial charge in [-0.3, -0.25) is 23.8 Å². The van der Waals surface area contributed by atoms with Gasteiger partial charge in [0.1, 0.15) is 5.71 Å². The standard InChI is InChI=1S/C30H30N4O12S2/c1-4-45-29(37)20(3)31-33(21-12-16-23(17-13-21)47(39,40)41)26(35)11-9-7-6-8-10-25-27(30(38)46-5-2)32-34(28(25)36)22-14-18-24(19-15-22)48(42,43)44/h6-19,32H,4-5H2,1-3H3,(H,39,40,41)(H,42,43,44)/b7-6?,10-8?,11-9-,31-20+. The summed E-state index contributed by atoms with van der Waals surface area (Å²) in [6, 6.07) is 9.13. The molecule has 48 heavy (non-hydrogen) atoms. The van der Waals surface area contributed by atoms with E-state index in [-0.39, 0.29) is 41.6 Å². The Morgan fingerprint density at radius 3 is 1.94 bits per heavy atom. The van der Waals surface area contributed by atoms with Gasteiger partial charge < -0.3 is 9.47 Å². The van der Waals surface area contributed by atoms with Crippen molar-refractivity contribution < 1.29 is 49.8 Å². The Morgan fingerprint density at radius 2 is 1.40 bits per heavy atom. The van der Waals surface area contributed by atoms with Crippen LogP contribution in [0.2, 0.25) is 0 Å². The number of hydrogen-bond acceptors (Lipinski definition) is 11. The summed E-state index contributed by atoms with van der Waals surface area (Å²) in [6.07, 6.45) is 7.90. The minimum atomic E-state index is -4.51. The van der Waals surface area contributed by atoms with Crippen molar-refractivity contribution in [3.8, 4) is 5.69 Å². The fraction of sp³-hybridized carbons (Fsp3) is 0.167. The Morgan fingerprint density at radius 1 is 0.854 bits per heavy atom. The highest BCUT2D eigenvalue weighted by atomic mass is 32.2. The number of hydrogen-bond donors (Lipinski definition) is 3. The second-order valence-corrected chi connectivity index (χ2v) is 12.2. The molecule has 16 nitrogen and oxygen atoms in total.